The molecule has 1 atom stereocenters. The lowest BCUT2D eigenvalue weighted by atomic mass is 9.99. The number of hydrogen-bond donors (Lipinski definition) is 2. The molecule has 9 heteroatoms. The van der Waals surface area contributed by atoms with Crippen LogP contribution in [-0.2, 0) is 4.79 Å². The smallest absolute Gasteiger partial charge is 0.373 e. The van der Waals surface area contributed by atoms with Crippen LogP contribution in [0.3, 0.4) is 0 Å². The lowest BCUT2D eigenvalue weighted by molar-refractivity contribution is -0.250. The number of aliphatic hydroxyl groups is 1. The zero-order valence-electron chi connectivity index (χ0n) is 14.0. The maximum Gasteiger partial charge on any atom is 0.426 e. The minimum Gasteiger partial charge on any atom is -0.373 e. The van der Waals surface area contributed by atoms with Gasteiger partial charge in [-0.2, -0.15) is 18.4 Å². The van der Waals surface area contributed by atoms with E-state index < -0.39 is 17.7 Å². The van der Waals surface area contributed by atoms with Crippen molar-refractivity contribution in [1.29, 1.82) is 5.26 Å². The molecule has 0 radical (unpaired) electrons. The van der Waals surface area contributed by atoms with Crippen LogP contribution >= 0.6 is 0 Å². The van der Waals surface area contributed by atoms with Crippen LogP contribution in [0.5, 0.6) is 0 Å². The molecule has 2 rings (SSSR count). The molecule has 0 aliphatic carbocycles. The summed E-state index contributed by atoms with van der Waals surface area (Å²) in [5, 5.41) is 21.0. The Morgan fingerprint density at radius 1 is 1.23 bits per heavy atom. The second-order valence-electron chi connectivity index (χ2n) is 6.30. The van der Waals surface area contributed by atoms with Gasteiger partial charge in [0.05, 0.1) is 11.6 Å². The molecule has 1 aromatic rings. The first-order valence-corrected chi connectivity index (χ1v) is 7.96. The molecule has 1 heterocycles. The lowest BCUT2D eigenvalue weighted by Crippen LogP contribution is -2.58. The van der Waals surface area contributed by atoms with Crippen LogP contribution in [-0.4, -0.2) is 52.7 Å². The Morgan fingerprint density at radius 3 is 2.23 bits per heavy atom. The number of halogens is 3. The molecule has 1 aromatic carbocycles. The molecule has 0 bridgehead atoms. The van der Waals surface area contributed by atoms with Gasteiger partial charge in [0.1, 0.15) is 0 Å². The van der Waals surface area contributed by atoms with Crippen molar-refractivity contribution in [3.05, 3.63) is 35.4 Å². The Morgan fingerprint density at radius 2 is 1.77 bits per heavy atom. The van der Waals surface area contributed by atoms with Crippen molar-refractivity contribution in [2.24, 2.45) is 0 Å². The third-order valence-electron chi connectivity index (χ3n) is 4.36. The van der Waals surface area contributed by atoms with Crippen molar-refractivity contribution in [1.82, 2.24) is 10.2 Å². The summed E-state index contributed by atoms with van der Waals surface area (Å²) in [5.74, 6) is -1.75. The topological polar surface area (TPSA) is 93.4 Å². The highest BCUT2D eigenvalue weighted by molar-refractivity contribution is 5.94. The molecule has 1 aliphatic rings. The number of likely N-dealkylation sites (tertiary alicyclic amines) is 1. The number of rotatable bonds is 3. The van der Waals surface area contributed by atoms with Gasteiger partial charge < -0.3 is 15.3 Å². The molecule has 2 N–H and O–H groups in total. The summed E-state index contributed by atoms with van der Waals surface area (Å²) in [4.78, 5) is 25.0. The second kappa shape index (κ2) is 7.33. The van der Waals surface area contributed by atoms with E-state index in [9.17, 15) is 27.9 Å². The molecule has 0 spiro atoms. The molecule has 26 heavy (non-hydrogen) atoms. The summed E-state index contributed by atoms with van der Waals surface area (Å²) in [7, 11) is 0. The Hall–Kier alpha value is -2.60. The predicted octanol–water partition coefficient (Wildman–Crippen LogP) is 1.59. The molecule has 1 fully saturated rings. The van der Waals surface area contributed by atoms with Gasteiger partial charge in [-0.3, -0.25) is 9.59 Å². The number of hydrogen-bond acceptors (Lipinski definition) is 4. The quantitative estimate of drug-likeness (QED) is 0.846. The molecule has 0 saturated carbocycles. The third kappa shape index (κ3) is 4.14. The van der Waals surface area contributed by atoms with Gasteiger partial charge in [0.2, 0.25) is 5.60 Å². The maximum atomic E-state index is 12.8. The van der Waals surface area contributed by atoms with E-state index in [-0.39, 0.29) is 37.9 Å². The van der Waals surface area contributed by atoms with E-state index in [1.165, 1.54) is 24.3 Å². The average Bonchev–Trinajstić information content (AvgIpc) is 2.60. The minimum absolute atomic E-state index is 0.00335. The number of nitriles is 1. The number of amides is 2. The van der Waals surface area contributed by atoms with Crippen LogP contribution in [0.15, 0.2) is 24.3 Å². The summed E-state index contributed by atoms with van der Waals surface area (Å²) < 4.78 is 38.3. The highest BCUT2D eigenvalue weighted by atomic mass is 19.4. The van der Waals surface area contributed by atoms with Gasteiger partial charge in [-0.25, -0.2) is 0 Å². The fourth-order valence-electron chi connectivity index (χ4n) is 2.62. The summed E-state index contributed by atoms with van der Waals surface area (Å²) in [5.41, 5.74) is -2.64. The van der Waals surface area contributed by atoms with Gasteiger partial charge in [0, 0.05) is 24.7 Å². The highest BCUT2D eigenvalue weighted by Gasteiger charge is 2.57. The second-order valence-corrected chi connectivity index (χ2v) is 6.30. The Balaban J connectivity index is 1.91. The van der Waals surface area contributed by atoms with Crippen LogP contribution < -0.4 is 5.32 Å². The molecule has 140 valence electrons. The number of nitrogens with one attached hydrogen (secondary N) is 1. The van der Waals surface area contributed by atoms with Crippen LogP contribution in [0, 0.1) is 11.3 Å². The van der Waals surface area contributed by atoms with Crippen LogP contribution in [0.2, 0.25) is 0 Å². The van der Waals surface area contributed by atoms with Crippen LogP contribution in [0.25, 0.3) is 0 Å². The number of nitrogens with zero attached hydrogens (tertiary/aromatic N) is 2. The molecule has 0 unspecified atom stereocenters. The molecule has 1 aliphatic heterocycles. The number of carbonyl (C=O) groups is 2. The van der Waals surface area contributed by atoms with Crippen LogP contribution in [0.4, 0.5) is 13.2 Å². The Kier molecular flexibility index (Phi) is 5.56. The van der Waals surface area contributed by atoms with Gasteiger partial charge in [-0.15, -0.1) is 0 Å². The van der Waals surface area contributed by atoms with Crippen molar-refractivity contribution in [3.63, 3.8) is 0 Å². The Labute approximate surface area is 148 Å². The van der Waals surface area contributed by atoms with Gasteiger partial charge in [0.15, 0.2) is 0 Å². The van der Waals surface area contributed by atoms with E-state index in [0.717, 1.165) is 4.90 Å². The van der Waals surface area contributed by atoms with Gasteiger partial charge >= 0.3 is 6.18 Å². The number of carbonyl (C=O) groups excluding carboxylic acids is 2. The van der Waals surface area contributed by atoms with E-state index in [4.69, 9.17) is 5.26 Å². The van der Waals surface area contributed by atoms with Crippen molar-refractivity contribution >= 4 is 11.8 Å². The van der Waals surface area contributed by atoms with E-state index in [0.29, 0.717) is 18.1 Å². The largest absolute Gasteiger partial charge is 0.426 e. The first-order chi connectivity index (χ1) is 12.1. The van der Waals surface area contributed by atoms with Gasteiger partial charge in [0.25, 0.3) is 11.8 Å². The molecule has 1 saturated heterocycles. The summed E-state index contributed by atoms with van der Waals surface area (Å²) in [6.07, 6.45) is -4.49. The third-order valence-corrected chi connectivity index (χ3v) is 4.36. The standard InChI is InChI=1S/C17H18F3N3O3/c1-16(26,17(18,19)20)15(25)23-8-6-13(7-9-23)22-14(24)12-4-2-11(10-21)3-5-12/h2-5,13,26H,6-9H2,1H3,(H,22,24)/t16-/m1/s1. The summed E-state index contributed by atoms with van der Waals surface area (Å²) in [6.45, 7) is 0.445. The van der Waals surface area contributed by atoms with E-state index in [1.807, 2.05) is 6.07 Å². The van der Waals surface area contributed by atoms with Crippen molar-refractivity contribution in [2.45, 2.75) is 37.6 Å². The van der Waals surface area contributed by atoms with Crippen molar-refractivity contribution in [2.75, 3.05) is 13.1 Å². The maximum absolute atomic E-state index is 12.8. The monoisotopic (exact) mass is 369 g/mol. The first-order valence-electron chi connectivity index (χ1n) is 7.96. The zero-order chi connectivity index (χ0) is 19.5. The van der Waals surface area contributed by atoms with Crippen LogP contribution in [0.1, 0.15) is 35.7 Å². The van der Waals surface area contributed by atoms with E-state index in [1.54, 1.807) is 0 Å². The van der Waals surface area contributed by atoms with Crippen molar-refractivity contribution < 1.29 is 27.9 Å². The summed E-state index contributed by atoms with van der Waals surface area (Å²) in [6, 6.07) is 7.68. The lowest BCUT2D eigenvalue weighted by Gasteiger charge is -2.37. The SMILES string of the molecule is C[C@@](O)(C(=O)N1CCC(NC(=O)c2ccc(C#N)cc2)CC1)C(F)(F)F. The summed E-state index contributed by atoms with van der Waals surface area (Å²) >= 11 is 0. The van der Waals surface area contributed by atoms with Gasteiger partial charge in [-0.05, 0) is 44.0 Å². The highest BCUT2D eigenvalue weighted by Crippen LogP contribution is 2.32. The molecular formula is C17H18F3N3O3. The number of piperidine rings is 1. The average molecular weight is 369 g/mol. The number of alkyl halides is 3. The normalized spacial score (nSPS) is 17.9. The molecule has 6 nitrogen and oxygen atoms in total. The fourth-order valence-corrected chi connectivity index (χ4v) is 2.62. The van der Waals surface area contributed by atoms with E-state index in [2.05, 4.69) is 5.32 Å². The minimum atomic E-state index is -5.05. The molecule has 0 aromatic heterocycles. The molecule has 2 amide bonds. The predicted molar refractivity (Wildman–Crippen MR) is 84.9 cm³/mol. The first kappa shape index (κ1) is 19.7. The van der Waals surface area contributed by atoms with Crippen molar-refractivity contribution in [3.8, 4) is 6.07 Å². The molecular weight excluding hydrogens is 351 g/mol. The number of benzene rings is 1. The Bertz CT molecular complexity index is 715. The zero-order valence-corrected chi connectivity index (χ0v) is 14.0. The fraction of sp³-hybridized carbons (Fsp3) is 0.471. The van der Waals surface area contributed by atoms with Gasteiger partial charge in [-0.1, -0.05) is 0 Å². The van der Waals surface area contributed by atoms with E-state index >= 15 is 0 Å².